The zero-order valence-electron chi connectivity index (χ0n) is 10.7. The fourth-order valence-electron chi connectivity index (χ4n) is 1.83. The number of nitrogens with two attached hydrogens (primary N) is 1. The summed E-state index contributed by atoms with van der Waals surface area (Å²) in [7, 11) is 1.68. The van der Waals surface area contributed by atoms with E-state index < -0.39 is 0 Å². The molecule has 0 saturated heterocycles. The van der Waals surface area contributed by atoms with Crippen LogP contribution in [0, 0.1) is 0 Å². The minimum atomic E-state index is 0.634. The van der Waals surface area contributed by atoms with Crippen LogP contribution in [0.1, 0.15) is 5.56 Å². The van der Waals surface area contributed by atoms with Crippen molar-refractivity contribution in [2.45, 2.75) is 6.42 Å². The Balaban J connectivity index is 1.96. The molecule has 1 heterocycles. The lowest BCUT2D eigenvalue weighted by molar-refractivity contribution is 0.410. The number of anilines is 2. The fourth-order valence-corrected chi connectivity index (χ4v) is 2.18. The molecule has 0 aliphatic carbocycles. The Morgan fingerprint density at radius 1 is 1.37 bits per heavy atom. The van der Waals surface area contributed by atoms with E-state index in [-0.39, 0.29) is 0 Å². The number of benzene rings is 1. The molecule has 100 valence electrons. The Labute approximate surface area is 121 Å². The first-order chi connectivity index (χ1) is 9.20. The molecule has 0 saturated carbocycles. The van der Waals surface area contributed by atoms with Crippen molar-refractivity contribution in [3.8, 4) is 5.75 Å². The molecule has 2 rings (SSSR count). The normalized spacial score (nSPS) is 10.2. The molecular weight excluding hydrogens is 306 g/mol. The van der Waals surface area contributed by atoms with Crippen molar-refractivity contribution < 1.29 is 4.74 Å². The van der Waals surface area contributed by atoms with Crippen LogP contribution in [0.15, 0.2) is 41.0 Å². The summed E-state index contributed by atoms with van der Waals surface area (Å²) in [6, 6.07) is 9.81. The zero-order valence-corrected chi connectivity index (χ0v) is 12.3. The van der Waals surface area contributed by atoms with Crippen molar-refractivity contribution in [3.05, 3.63) is 46.6 Å². The molecule has 1 aromatic heterocycles. The summed E-state index contributed by atoms with van der Waals surface area (Å²) in [5.41, 5.74) is 7.67. The van der Waals surface area contributed by atoms with Crippen LogP contribution >= 0.6 is 15.9 Å². The molecule has 0 atom stereocenters. The van der Waals surface area contributed by atoms with Gasteiger partial charge in [-0.05, 0) is 40.0 Å². The highest BCUT2D eigenvalue weighted by molar-refractivity contribution is 9.10. The average molecular weight is 322 g/mol. The number of rotatable bonds is 5. The summed E-state index contributed by atoms with van der Waals surface area (Å²) in [5.74, 6) is 1.61. The third-order valence-electron chi connectivity index (χ3n) is 2.76. The Bertz CT molecular complexity index is 560. The lowest BCUT2D eigenvalue weighted by atomic mass is 10.1. The molecule has 2 aromatic rings. The third kappa shape index (κ3) is 3.61. The third-order valence-corrected chi connectivity index (χ3v) is 3.20. The molecule has 0 spiro atoms. The molecule has 0 unspecified atom stereocenters. The van der Waals surface area contributed by atoms with Crippen molar-refractivity contribution in [1.29, 1.82) is 0 Å². The maximum absolute atomic E-state index is 5.88. The molecule has 4 nitrogen and oxygen atoms in total. The van der Waals surface area contributed by atoms with Gasteiger partial charge >= 0.3 is 0 Å². The first-order valence-electron chi connectivity index (χ1n) is 5.97. The Morgan fingerprint density at radius 2 is 2.16 bits per heavy atom. The van der Waals surface area contributed by atoms with E-state index in [2.05, 4.69) is 32.3 Å². The molecule has 19 heavy (non-hydrogen) atoms. The molecule has 0 aliphatic heterocycles. The molecule has 0 amide bonds. The second kappa shape index (κ2) is 6.43. The predicted molar refractivity (Wildman–Crippen MR) is 81.5 cm³/mol. The number of para-hydroxylation sites is 1. The highest BCUT2D eigenvalue weighted by atomic mass is 79.9. The van der Waals surface area contributed by atoms with Crippen LogP contribution < -0.4 is 15.8 Å². The number of ether oxygens (including phenoxy) is 1. The first-order valence-corrected chi connectivity index (χ1v) is 6.77. The van der Waals surface area contributed by atoms with Crippen LogP contribution in [0.5, 0.6) is 5.75 Å². The largest absolute Gasteiger partial charge is 0.496 e. The average Bonchev–Trinajstić information content (AvgIpc) is 2.42. The monoisotopic (exact) mass is 321 g/mol. The summed E-state index contributed by atoms with van der Waals surface area (Å²) >= 11 is 3.33. The van der Waals surface area contributed by atoms with Crippen molar-refractivity contribution in [2.75, 3.05) is 24.7 Å². The summed E-state index contributed by atoms with van der Waals surface area (Å²) in [6.07, 6.45) is 2.57. The number of halogens is 1. The van der Waals surface area contributed by atoms with Crippen LogP contribution in [0.3, 0.4) is 0 Å². The van der Waals surface area contributed by atoms with Crippen LogP contribution in [-0.4, -0.2) is 18.6 Å². The molecule has 3 N–H and O–H groups in total. The highest BCUT2D eigenvalue weighted by Gasteiger charge is 2.03. The van der Waals surface area contributed by atoms with Gasteiger partial charge in [-0.2, -0.15) is 0 Å². The topological polar surface area (TPSA) is 60.2 Å². The van der Waals surface area contributed by atoms with E-state index in [1.54, 1.807) is 13.3 Å². The van der Waals surface area contributed by atoms with E-state index in [0.29, 0.717) is 11.5 Å². The van der Waals surface area contributed by atoms with E-state index in [4.69, 9.17) is 10.5 Å². The Morgan fingerprint density at radius 3 is 2.89 bits per heavy atom. The second-order valence-electron chi connectivity index (χ2n) is 4.08. The summed E-state index contributed by atoms with van der Waals surface area (Å²) in [5, 5.41) is 3.23. The van der Waals surface area contributed by atoms with Gasteiger partial charge in [0, 0.05) is 17.2 Å². The summed E-state index contributed by atoms with van der Waals surface area (Å²) in [4.78, 5) is 4.24. The smallest absolute Gasteiger partial charge is 0.149 e. The van der Waals surface area contributed by atoms with Gasteiger partial charge in [0.1, 0.15) is 11.6 Å². The van der Waals surface area contributed by atoms with Gasteiger partial charge in [-0.15, -0.1) is 0 Å². The van der Waals surface area contributed by atoms with Gasteiger partial charge in [0.25, 0.3) is 0 Å². The van der Waals surface area contributed by atoms with Gasteiger partial charge in [-0.25, -0.2) is 4.98 Å². The van der Waals surface area contributed by atoms with Gasteiger partial charge in [0.2, 0.25) is 0 Å². The number of nitrogen functional groups attached to an aromatic ring is 1. The van der Waals surface area contributed by atoms with E-state index in [1.807, 2.05) is 24.3 Å². The van der Waals surface area contributed by atoms with Crippen molar-refractivity contribution in [1.82, 2.24) is 4.98 Å². The summed E-state index contributed by atoms with van der Waals surface area (Å²) in [6.45, 7) is 0.749. The second-order valence-corrected chi connectivity index (χ2v) is 5.00. The Hall–Kier alpha value is -1.75. The van der Waals surface area contributed by atoms with Gasteiger partial charge in [-0.1, -0.05) is 18.2 Å². The van der Waals surface area contributed by atoms with E-state index >= 15 is 0 Å². The fraction of sp³-hybridized carbons (Fsp3) is 0.214. The Kier molecular flexibility index (Phi) is 4.63. The number of nitrogens with zero attached hydrogens (tertiary/aromatic N) is 1. The predicted octanol–water partition coefficient (Wildman–Crippen LogP) is 3.09. The molecule has 0 fully saturated rings. The lowest BCUT2D eigenvalue weighted by Crippen LogP contribution is -2.09. The number of methoxy groups -OCH3 is 1. The molecule has 0 radical (unpaired) electrons. The van der Waals surface area contributed by atoms with E-state index in [0.717, 1.165) is 28.8 Å². The van der Waals surface area contributed by atoms with Gasteiger partial charge < -0.3 is 15.8 Å². The number of hydrogen-bond donors (Lipinski definition) is 2. The van der Waals surface area contributed by atoms with Crippen LogP contribution in [0.25, 0.3) is 0 Å². The van der Waals surface area contributed by atoms with Crippen LogP contribution in [0.2, 0.25) is 0 Å². The number of aromatic nitrogens is 1. The molecular formula is C14H16BrN3O. The van der Waals surface area contributed by atoms with Crippen LogP contribution in [-0.2, 0) is 6.42 Å². The molecule has 0 bridgehead atoms. The van der Waals surface area contributed by atoms with Crippen molar-refractivity contribution >= 4 is 27.4 Å². The zero-order chi connectivity index (χ0) is 13.7. The first kappa shape index (κ1) is 13.7. The minimum absolute atomic E-state index is 0.634. The van der Waals surface area contributed by atoms with Crippen molar-refractivity contribution in [3.63, 3.8) is 0 Å². The lowest BCUT2D eigenvalue weighted by Gasteiger charge is -2.10. The number of nitrogens with one attached hydrogen (secondary N) is 1. The molecule has 0 aliphatic rings. The summed E-state index contributed by atoms with van der Waals surface area (Å²) < 4.78 is 6.19. The number of hydrogen-bond acceptors (Lipinski definition) is 4. The van der Waals surface area contributed by atoms with Crippen molar-refractivity contribution in [2.24, 2.45) is 0 Å². The van der Waals surface area contributed by atoms with Crippen LogP contribution in [0.4, 0.5) is 11.5 Å². The molecule has 1 aromatic carbocycles. The minimum Gasteiger partial charge on any atom is -0.496 e. The SMILES string of the molecule is COc1ccccc1CCNc1ncc(Br)cc1N. The van der Waals surface area contributed by atoms with E-state index in [9.17, 15) is 0 Å². The maximum Gasteiger partial charge on any atom is 0.149 e. The standard InChI is InChI=1S/C14H16BrN3O/c1-19-13-5-3-2-4-10(13)6-7-17-14-12(16)8-11(15)9-18-14/h2-5,8-9H,6-7,16H2,1H3,(H,17,18). The molecule has 5 heteroatoms. The van der Waals surface area contributed by atoms with Gasteiger partial charge in [0.15, 0.2) is 0 Å². The number of pyridine rings is 1. The quantitative estimate of drug-likeness (QED) is 0.888. The van der Waals surface area contributed by atoms with Gasteiger partial charge in [0.05, 0.1) is 12.8 Å². The maximum atomic E-state index is 5.88. The highest BCUT2D eigenvalue weighted by Crippen LogP contribution is 2.21. The van der Waals surface area contributed by atoms with Gasteiger partial charge in [-0.3, -0.25) is 0 Å². The van der Waals surface area contributed by atoms with E-state index in [1.165, 1.54) is 0 Å².